The topological polar surface area (TPSA) is 44.2 Å². The van der Waals surface area contributed by atoms with Gasteiger partial charge in [-0.05, 0) is 41.6 Å². The zero-order chi connectivity index (χ0) is 14.0. The molecule has 0 saturated heterocycles. The largest absolute Gasteiger partial charge is 0.493 e. The van der Waals surface area contributed by atoms with Gasteiger partial charge in [0.1, 0.15) is 5.15 Å². The Morgan fingerprint density at radius 3 is 2.47 bits per heavy atom. The van der Waals surface area contributed by atoms with Crippen molar-refractivity contribution in [3.63, 3.8) is 0 Å². The lowest BCUT2D eigenvalue weighted by Gasteiger charge is -2.12. The lowest BCUT2D eigenvalue weighted by atomic mass is 10.1. The zero-order valence-electron chi connectivity index (χ0n) is 10.7. The maximum atomic E-state index is 6.11. The number of benzene rings is 1. The molecule has 0 atom stereocenters. The molecule has 0 unspecified atom stereocenters. The first-order chi connectivity index (χ1) is 9.08. The van der Waals surface area contributed by atoms with E-state index in [4.69, 9.17) is 21.1 Å². The van der Waals surface area contributed by atoms with Gasteiger partial charge in [-0.2, -0.15) is 0 Å². The Morgan fingerprint density at radius 2 is 1.89 bits per heavy atom. The van der Waals surface area contributed by atoms with Crippen LogP contribution >= 0.6 is 34.2 Å². The summed E-state index contributed by atoms with van der Waals surface area (Å²) >= 11 is 8.23. The highest BCUT2D eigenvalue weighted by Crippen LogP contribution is 2.37. The molecule has 0 radical (unpaired) electrons. The van der Waals surface area contributed by atoms with Crippen molar-refractivity contribution in [2.24, 2.45) is 0 Å². The number of nitrogens with zero attached hydrogens (tertiary/aromatic N) is 2. The second-order valence-corrected chi connectivity index (χ2v) is 5.22. The molecule has 1 heterocycles. The van der Waals surface area contributed by atoms with Gasteiger partial charge in [-0.25, -0.2) is 9.97 Å². The fourth-order valence-electron chi connectivity index (χ4n) is 1.71. The second-order valence-electron chi connectivity index (χ2n) is 3.78. The molecular formula is C13H12ClIN2O2. The number of para-hydroxylation sites is 1. The molecule has 6 heteroatoms. The molecule has 0 N–H and O–H groups in total. The minimum Gasteiger partial charge on any atom is -0.493 e. The Bertz CT molecular complexity index is 597. The number of methoxy groups -OCH3 is 2. The van der Waals surface area contributed by atoms with E-state index < -0.39 is 0 Å². The van der Waals surface area contributed by atoms with Gasteiger partial charge >= 0.3 is 0 Å². The molecule has 0 spiro atoms. The first-order valence-electron chi connectivity index (χ1n) is 5.49. The van der Waals surface area contributed by atoms with Crippen LogP contribution < -0.4 is 9.47 Å². The average molecular weight is 391 g/mol. The van der Waals surface area contributed by atoms with E-state index in [1.165, 1.54) is 0 Å². The maximum Gasteiger partial charge on any atom is 0.171 e. The summed E-state index contributed by atoms with van der Waals surface area (Å²) in [4.78, 5) is 8.75. The number of rotatable bonds is 3. The van der Waals surface area contributed by atoms with Crippen molar-refractivity contribution in [2.75, 3.05) is 14.2 Å². The van der Waals surface area contributed by atoms with Crippen molar-refractivity contribution in [3.05, 3.63) is 32.6 Å². The molecule has 0 aliphatic heterocycles. The van der Waals surface area contributed by atoms with Crippen molar-refractivity contribution in [2.45, 2.75) is 6.92 Å². The van der Waals surface area contributed by atoms with Crippen molar-refractivity contribution in [3.8, 4) is 22.9 Å². The summed E-state index contributed by atoms with van der Waals surface area (Å²) in [5.41, 5.74) is 1.59. The molecule has 1 aromatic heterocycles. The first kappa shape index (κ1) is 14.3. The standard InChI is InChI=1S/C13H12ClIN2O2/c1-7-10(15)12(14)17-13(16-7)8-5-4-6-9(18-2)11(8)19-3/h4-6H,1-3H3. The molecule has 0 amide bonds. The maximum absolute atomic E-state index is 6.11. The van der Waals surface area contributed by atoms with Gasteiger partial charge in [0.05, 0.1) is 29.0 Å². The quantitative estimate of drug-likeness (QED) is 0.592. The molecule has 19 heavy (non-hydrogen) atoms. The number of hydrogen-bond acceptors (Lipinski definition) is 4. The first-order valence-corrected chi connectivity index (χ1v) is 6.95. The summed E-state index contributed by atoms with van der Waals surface area (Å²) in [5, 5.41) is 0.438. The Morgan fingerprint density at radius 1 is 1.16 bits per heavy atom. The molecule has 0 bridgehead atoms. The van der Waals surface area contributed by atoms with Gasteiger partial charge in [0.2, 0.25) is 0 Å². The molecule has 0 aliphatic rings. The van der Waals surface area contributed by atoms with Crippen molar-refractivity contribution in [1.82, 2.24) is 9.97 Å². The van der Waals surface area contributed by atoms with Gasteiger partial charge in [-0.1, -0.05) is 17.7 Å². The molecule has 2 rings (SSSR count). The van der Waals surface area contributed by atoms with Crippen LogP contribution in [0, 0.1) is 10.5 Å². The third-order valence-corrected chi connectivity index (χ3v) is 4.50. The number of hydrogen-bond donors (Lipinski definition) is 0. The Hall–Kier alpha value is -1.08. The van der Waals surface area contributed by atoms with Crippen LogP contribution in [0.15, 0.2) is 18.2 Å². The van der Waals surface area contributed by atoms with E-state index >= 15 is 0 Å². The average Bonchev–Trinajstić information content (AvgIpc) is 2.43. The summed E-state index contributed by atoms with van der Waals surface area (Å²) in [6, 6.07) is 5.56. The smallest absolute Gasteiger partial charge is 0.171 e. The molecule has 0 aliphatic carbocycles. The van der Waals surface area contributed by atoms with Crippen LogP contribution in [0.5, 0.6) is 11.5 Å². The highest BCUT2D eigenvalue weighted by molar-refractivity contribution is 14.1. The number of halogens is 2. The highest BCUT2D eigenvalue weighted by Gasteiger charge is 2.16. The van der Waals surface area contributed by atoms with E-state index in [1.807, 2.05) is 25.1 Å². The Labute approximate surface area is 130 Å². The predicted molar refractivity (Wildman–Crippen MR) is 83.0 cm³/mol. The van der Waals surface area contributed by atoms with Crippen molar-refractivity contribution >= 4 is 34.2 Å². The fourth-order valence-corrected chi connectivity index (χ4v) is 2.17. The number of aromatic nitrogens is 2. The molecule has 100 valence electrons. The van der Waals surface area contributed by atoms with Crippen molar-refractivity contribution in [1.29, 1.82) is 0 Å². The lowest BCUT2D eigenvalue weighted by molar-refractivity contribution is 0.356. The summed E-state index contributed by atoms with van der Waals surface area (Å²) in [7, 11) is 3.18. The van der Waals surface area contributed by atoms with Crippen LogP contribution in [-0.4, -0.2) is 24.2 Å². The SMILES string of the molecule is COc1cccc(-c2nc(C)c(I)c(Cl)n2)c1OC. The van der Waals surface area contributed by atoms with Gasteiger partial charge in [-0.3, -0.25) is 0 Å². The summed E-state index contributed by atoms with van der Waals surface area (Å²) in [5.74, 6) is 1.76. The zero-order valence-corrected chi connectivity index (χ0v) is 13.6. The fraction of sp³-hybridized carbons (Fsp3) is 0.231. The van der Waals surface area contributed by atoms with E-state index in [2.05, 4.69) is 32.6 Å². The number of aryl methyl sites for hydroxylation is 1. The van der Waals surface area contributed by atoms with Gasteiger partial charge in [0.15, 0.2) is 17.3 Å². The van der Waals surface area contributed by atoms with Gasteiger partial charge in [-0.15, -0.1) is 0 Å². The Kier molecular flexibility index (Phi) is 4.46. The molecule has 1 aromatic carbocycles. The third-order valence-electron chi connectivity index (χ3n) is 2.62. The lowest BCUT2D eigenvalue weighted by Crippen LogP contribution is -1.99. The number of ether oxygens (including phenoxy) is 2. The molecular weight excluding hydrogens is 379 g/mol. The predicted octanol–water partition coefficient (Wildman–Crippen LogP) is 3.73. The Balaban J connectivity index is 2.65. The van der Waals surface area contributed by atoms with Crippen LogP contribution in [0.25, 0.3) is 11.4 Å². The van der Waals surface area contributed by atoms with Gasteiger partial charge in [0.25, 0.3) is 0 Å². The van der Waals surface area contributed by atoms with E-state index in [0.717, 1.165) is 14.8 Å². The molecule has 2 aromatic rings. The van der Waals surface area contributed by atoms with Crippen LogP contribution in [0.4, 0.5) is 0 Å². The van der Waals surface area contributed by atoms with E-state index in [0.29, 0.717) is 22.5 Å². The molecule has 0 saturated carbocycles. The minimum absolute atomic E-state index is 0.438. The summed E-state index contributed by atoms with van der Waals surface area (Å²) < 4.78 is 11.5. The van der Waals surface area contributed by atoms with E-state index in [1.54, 1.807) is 14.2 Å². The van der Waals surface area contributed by atoms with Crippen LogP contribution in [0.2, 0.25) is 5.15 Å². The van der Waals surface area contributed by atoms with E-state index in [9.17, 15) is 0 Å². The van der Waals surface area contributed by atoms with Crippen LogP contribution in [0.1, 0.15) is 5.69 Å². The highest BCUT2D eigenvalue weighted by atomic mass is 127. The minimum atomic E-state index is 0.438. The monoisotopic (exact) mass is 390 g/mol. The second kappa shape index (κ2) is 5.92. The normalized spacial score (nSPS) is 10.4. The third kappa shape index (κ3) is 2.76. The van der Waals surface area contributed by atoms with Crippen molar-refractivity contribution < 1.29 is 9.47 Å². The van der Waals surface area contributed by atoms with Gasteiger partial charge in [0, 0.05) is 0 Å². The molecule has 4 nitrogen and oxygen atoms in total. The van der Waals surface area contributed by atoms with E-state index in [-0.39, 0.29) is 0 Å². The van der Waals surface area contributed by atoms with Gasteiger partial charge < -0.3 is 9.47 Å². The molecule has 0 fully saturated rings. The van der Waals surface area contributed by atoms with Crippen LogP contribution in [-0.2, 0) is 0 Å². The summed E-state index contributed by atoms with van der Waals surface area (Å²) in [6.45, 7) is 1.89. The van der Waals surface area contributed by atoms with Crippen LogP contribution in [0.3, 0.4) is 0 Å². The summed E-state index contributed by atoms with van der Waals surface area (Å²) in [6.07, 6.45) is 0.